The van der Waals surface area contributed by atoms with Crippen LogP contribution < -0.4 is 0 Å². The second-order valence-corrected chi connectivity index (χ2v) is 5.49. The average Bonchev–Trinajstić information content (AvgIpc) is 2.67. The highest BCUT2D eigenvalue weighted by Gasteiger charge is 2.29. The van der Waals surface area contributed by atoms with Crippen LogP contribution >= 0.6 is 15.9 Å². The van der Waals surface area contributed by atoms with Gasteiger partial charge < -0.3 is 9.67 Å². The van der Waals surface area contributed by atoms with Gasteiger partial charge in [-0.25, -0.2) is 4.98 Å². The molecule has 0 amide bonds. The second kappa shape index (κ2) is 5.76. The summed E-state index contributed by atoms with van der Waals surface area (Å²) in [5.41, 5.74) is 1.58. The number of nitrogens with zero attached hydrogens (tertiary/aromatic N) is 3. The fraction of sp³-hybridized carbons (Fsp3) is 0.286. The van der Waals surface area contributed by atoms with Crippen molar-refractivity contribution < 1.29 is 9.90 Å². The van der Waals surface area contributed by atoms with Crippen molar-refractivity contribution in [3.63, 3.8) is 0 Å². The van der Waals surface area contributed by atoms with Crippen LogP contribution in [0, 0.1) is 0 Å². The van der Waals surface area contributed by atoms with Crippen LogP contribution in [-0.2, 0) is 11.8 Å². The molecular formula is C14H16BrN3O2. The molecule has 0 saturated heterocycles. The van der Waals surface area contributed by atoms with Crippen LogP contribution in [0.25, 0.3) is 11.4 Å². The average molecular weight is 338 g/mol. The first kappa shape index (κ1) is 14.7. The Labute approximate surface area is 126 Å². The zero-order valence-electron chi connectivity index (χ0n) is 11.5. The molecule has 1 unspecified atom stereocenters. The van der Waals surface area contributed by atoms with Gasteiger partial charge in [0.15, 0.2) is 6.04 Å². The number of benzene rings is 1. The quantitative estimate of drug-likeness (QED) is 0.931. The summed E-state index contributed by atoms with van der Waals surface area (Å²) in [4.78, 5) is 17.6. The molecule has 0 radical (unpaired) electrons. The Morgan fingerprint density at radius 3 is 2.45 bits per heavy atom. The summed E-state index contributed by atoms with van der Waals surface area (Å²) in [6, 6.07) is 8.94. The lowest BCUT2D eigenvalue weighted by Crippen LogP contribution is -2.29. The van der Waals surface area contributed by atoms with Crippen molar-refractivity contribution in [2.24, 2.45) is 7.05 Å². The Hall–Kier alpha value is -1.66. The Bertz CT molecular complexity index is 623. The van der Waals surface area contributed by atoms with E-state index in [-0.39, 0.29) is 0 Å². The predicted octanol–water partition coefficient (Wildman–Crippen LogP) is 2.54. The normalized spacial score (nSPS) is 12.7. The molecule has 0 aliphatic rings. The molecule has 0 spiro atoms. The molecular weight excluding hydrogens is 322 g/mol. The number of hydrogen-bond acceptors (Lipinski definition) is 3. The number of imidazole rings is 1. The number of likely N-dealkylation sites (N-methyl/N-ethyl adjacent to an activating group) is 1. The van der Waals surface area contributed by atoms with Crippen molar-refractivity contribution in [1.82, 2.24) is 14.5 Å². The van der Waals surface area contributed by atoms with Crippen LogP contribution in [0.2, 0.25) is 0 Å². The molecule has 1 atom stereocenters. The number of hydrogen-bond donors (Lipinski definition) is 1. The van der Waals surface area contributed by atoms with Crippen LogP contribution in [0.15, 0.2) is 34.9 Å². The Morgan fingerprint density at radius 1 is 1.35 bits per heavy atom. The first-order valence-electron chi connectivity index (χ1n) is 6.10. The van der Waals surface area contributed by atoms with Crippen molar-refractivity contribution >= 4 is 21.9 Å². The molecule has 106 valence electrons. The molecule has 0 fully saturated rings. The molecule has 0 aliphatic carbocycles. The number of rotatable bonds is 4. The summed E-state index contributed by atoms with van der Waals surface area (Å²) in [6.07, 6.45) is 0. The lowest BCUT2D eigenvalue weighted by molar-refractivity contribution is -0.142. The van der Waals surface area contributed by atoms with Gasteiger partial charge in [-0.05, 0) is 30.0 Å². The van der Waals surface area contributed by atoms with Crippen LogP contribution in [0.4, 0.5) is 0 Å². The van der Waals surface area contributed by atoms with Gasteiger partial charge in [-0.3, -0.25) is 9.69 Å². The minimum absolute atomic E-state index is 0.556. The van der Waals surface area contributed by atoms with Gasteiger partial charge in [0.25, 0.3) is 0 Å². The molecule has 0 saturated carbocycles. The van der Waals surface area contributed by atoms with E-state index in [4.69, 9.17) is 0 Å². The van der Waals surface area contributed by atoms with E-state index < -0.39 is 12.0 Å². The topological polar surface area (TPSA) is 58.4 Å². The van der Waals surface area contributed by atoms with Gasteiger partial charge in [0.2, 0.25) is 0 Å². The smallest absolute Gasteiger partial charge is 0.327 e. The van der Waals surface area contributed by atoms with Gasteiger partial charge in [-0.2, -0.15) is 0 Å². The van der Waals surface area contributed by atoms with Crippen LogP contribution in [0.1, 0.15) is 11.7 Å². The highest BCUT2D eigenvalue weighted by molar-refractivity contribution is 9.10. The summed E-state index contributed by atoms with van der Waals surface area (Å²) in [5.74, 6) is -0.168. The van der Waals surface area contributed by atoms with Crippen molar-refractivity contribution in [2.75, 3.05) is 14.1 Å². The van der Waals surface area contributed by atoms with Gasteiger partial charge in [-0.15, -0.1) is 0 Å². The molecule has 2 rings (SSSR count). The number of aliphatic carboxylic acids is 1. The van der Waals surface area contributed by atoms with Crippen LogP contribution in [0.3, 0.4) is 0 Å². The van der Waals surface area contributed by atoms with Crippen LogP contribution in [0.5, 0.6) is 0 Å². The van der Waals surface area contributed by atoms with E-state index in [1.807, 2.05) is 41.9 Å². The van der Waals surface area contributed by atoms with Crippen molar-refractivity contribution in [3.8, 4) is 11.4 Å². The molecule has 1 aromatic carbocycles. The minimum Gasteiger partial charge on any atom is -0.480 e. The summed E-state index contributed by atoms with van der Waals surface area (Å²) in [7, 11) is 5.30. The standard InChI is InChI=1S/C14H16BrN3O2/c1-17(2)11(14(19)20)10-12(15)16-13(18(10)3)9-7-5-4-6-8-9/h4-8,11H,1-3H3,(H,19,20). The summed E-state index contributed by atoms with van der Waals surface area (Å²) >= 11 is 3.38. The number of halogens is 1. The number of aromatic nitrogens is 2. The fourth-order valence-electron chi connectivity index (χ4n) is 2.20. The maximum absolute atomic E-state index is 11.5. The lowest BCUT2D eigenvalue weighted by Gasteiger charge is -2.21. The highest BCUT2D eigenvalue weighted by Crippen LogP contribution is 2.31. The van der Waals surface area contributed by atoms with E-state index in [0.717, 1.165) is 11.4 Å². The van der Waals surface area contributed by atoms with E-state index in [9.17, 15) is 9.90 Å². The monoisotopic (exact) mass is 337 g/mol. The summed E-state index contributed by atoms with van der Waals surface area (Å²) in [6.45, 7) is 0. The summed E-state index contributed by atoms with van der Waals surface area (Å²) < 4.78 is 2.37. The molecule has 2 aromatic rings. The van der Waals surface area contributed by atoms with Gasteiger partial charge in [-0.1, -0.05) is 30.3 Å². The maximum Gasteiger partial charge on any atom is 0.327 e. The lowest BCUT2D eigenvalue weighted by atomic mass is 10.2. The van der Waals surface area contributed by atoms with E-state index >= 15 is 0 Å². The van der Waals surface area contributed by atoms with E-state index in [0.29, 0.717) is 10.3 Å². The number of carbonyl (C=O) groups is 1. The van der Waals surface area contributed by atoms with Gasteiger partial charge in [0, 0.05) is 12.6 Å². The number of carboxylic acids is 1. The Morgan fingerprint density at radius 2 is 1.95 bits per heavy atom. The van der Waals surface area contributed by atoms with Gasteiger partial charge >= 0.3 is 5.97 Å². The summed E-state index contributed by atoms with van der Waals surface area (Å²) in [5, 5.41) is 9.42. The molecule has 6 heteroatoms. The first-order valence-corrected chi connectivity index (χ1v) is 6.89. The van der Waals surface area contributed by atoms with Crippen molar-refractivity contribution in [2.45, 2.75) is 6.04 Å². The van der Waals surface area contributed by atoms with E-state index in [1.165, 1.54) is 0 Å². The molecule has 1 N–H and O–H groups in total. The third-order valence-corrected chi connectivity index (χ3v) is 3.72. The zero-order chi connectivity index (χ0) is 14.9. The predicted molar refractivity (Wildman–Crippen MR) is 80.4 cm³/mol. The second-order valence-electron chi connectivity index (χ2n) is 4.74. The van der Waals surface area contributed by atoms with E-state index in [2.05, 4.69) is 20.9 Å². The zero-order valence-corrected chi connectivity index (χ0v) is 13.1. The molecule has 1 heterocycles. The number of carboxylic acid groups (broad SMARTS) is 1. The molecule has 0 bridgehead atoms. The third kappa shape index (κ3) is 2.62. The largest absolute Gasteiger partial charge is 0.480 e. The van der Waals surface area contributed by atoms with E-state index in [1.54, 1.807) is 19.0 Å². The maximum atomic E-state index is 11.5. The van der Waals surface area contributed by atoms with Gasteiger partial charge in [0.1, 0.15) is 10.4 Å². The Balaban J connectivity index is 2.57. The third-order valence-electron chi connectivity index (χ3n) is 3.14. The molecule has 20 heavy (non-hydrogen) atoms. The highest BCUT2D eigenvalue weighted by atomic mass is 79.9. The SMILES string of the molecule is CN(C)C(C(=O)O)c1c(Br)nc(-c2ccccc2)n1C. The Kier molecular flexibility index (Phi) is 4.25. The minimum atomic E-state index is -0.904. The molecule has 1 aromatic heterocycles. The van der Waals surface area contributed by atoms with Crippen molar-refractivity contribution in [3.05, 3.63) is 40.6 Å². The van der Waals surface area contributed by atoms with Gasteiger partial charge in [0.05, 0.1) is 5.69 Å². The first-order chi connectivity index (χ1) is 9.43. The molecule has 5 nitrogen and oxygen atoms in total. The fourth-order valence-corrected chi connectivity index (χ4v) is 2.85. The van der Waals surface area contributed by atoms with Crippen LogP contribution in [-0.4, -0.2) is 39.6 Å². The van der Waals surface area contributed by atoms with Crippen molar-refractivity contribution in [1.29, 1.82) is 0 Å². The molecule has 0 aliphatic heterocycles.